The van der Waals surface area contributed by atoms with Gasteiger partial charge < -0.3 is 25.2 Å². The quantitative estimate of drug-likeness (QED) is 0.531. The fraction of sp³-hybridized carbons (Fsp3) is 0.316. The lowest BCUT2D eigenvalue weighted by molar-refractivity contribution is 0.409. The van der Waals surface area contributed by atoms with E-state index in [9.17, 15) is 5.11 Å². The van der Waals surface area contributed by atoms with E-state index >= 15 is 0 Å². The third-order valence-electron chi connectivity index (χ3n) is 3.84. The Morgan fingerprint density at radius 1 is 1.04 bits per heavy atom. The first-order valence-corrected chi connectivity index (χ1v) is 8.10. The summed E-state index contributed by atoms with van der Waals surface area (Å²) in [4.78, 5) is 4.20. The number of guanidine groups is 1. The number of rotatable bonds is 7. The van der Waals surface area contributed by atoms with Crippen molar-refractivity contribution in [3.63, 3.8) is 0 Å². The molecule has 6 heteroatoms. The lowest BCUT2D eigenvalue weighted by atomic mass is 10.1. The second-order valence-corrected chi connectivity index (χ2v) is 5.41. The van der Waals surface area contributed by atoms with Gasteiger partial charge in [-0.2, -0.15) is 0 Å². The molecule has 0 aromatic heterocycles. The molecule has 2 rings (SSSR count). The molecule has 0 heterocycles. The van der Waals surface area contributed by atoms with Gasteiger partial charge in [-0.25, -0.2) is 0 Å². The predicted octanol–water partition coefficient (Wildman–Crippen LogP) is 2.32. The molecule has 0 fully saturated rings. The first kappa shape index (κ1) is 18.4. The number of nitrogens with one attached hydrogen (secondary N) is 2. The standard InChI is InChI=1S/C19H25N3O3/c1-20-19(21-11-10-14-6-4-5-7-18(14)25-3)22-13-15-12-16(24-2)8-9-17(15)23/h4-9,12,23H,10-11,13H2,1-3H3,(H2,20,21,22). The van der Waals surface area contributed by atoms with Crippen molar-refractivity contribution in [2.75, 3.05) is 27.8 Å². The first-order valence-electron chi connectivity index (χ1n) is 8.10. The zero-order valence-corrected chi connectivity index (χ0v) is 14.9. The van der Waals surface area contributed by atoms with Gasteiger partial charge in [-0.1, -0.05) is 18.2 Å². The molecule has 0 spiro atoms. The minimum Gasteiger partial charge on any atom is -0.508 e. The summed E-state index contributed by atoms with van der Waals surface area (Å²) in [5.74, 6) is 2.47. The number of aromatic hydroxyl groups is 1. The molecule has 0 saturated heterocycles. The summed E-state index contributed by atoms with van der Waals surface area (Å²) < 4.78 is 10.5. The van der Waals surface area contributed by atoms with Crippen LogP contribution in [0, 0.1) is 0 Å². The van der Waals surface area contributed by atoms with Crippen molar-refractivity contribution in [1.82, 2.24) is 10.6 Å². The normalized spacial score (nSPS) is 11.1. The Bertz CT molecular complexity index is 717. The van der Waals surface area contributed by atoms with Gasteiger partial charge in [-0.3, -0.25) is 4.99 Å². The lowest BCUT2D eigenvalue weighted by Gasteiger charge is -2.14. The van der Waals surface area contributed by atoms with Crippen LogP contribution < -0.4 is 20.1 Å². The molecule has 0 aliphatic carbocycles. The molecule has 0 aliphatic rings. The summed E-state index contributed by atoms with van der Waals surface area (Å²) in [6.07, 6.45) is 0.815. The van der Waals surface area contributed by atoms with E-state index in [0.717, 1.165) is 23.3 Å². The number of para-hydroxylation sites is 1. The Hall–Kier alpha value is -2.89. The molecule has 0 bridgehead atoms. The van der Waals surface area contributed by atoms with Crippen molar-refractivity contribution in [3.8, 4) is 17.2 Å². The summed E-state index contributed by atoms with van der Waals surface area (Å²) in [6.45, 7) is 1.15. The number of ether oxygens (including phenoxy) is 2. The number of phenolic OH excluding ortho intramolecular Hbond substituents is 1. The third kappa shape index (κ3) is 5.31. The van der Waals surface area contributed by atoms with Gasteiger partial charge >= 0.3 is 0 Å². The van der Waals surface area contributed by atoms with Crippen molar-refractivity contribution in [3.05, 3.63) is 53.6 Å². The molecule has 3 N–H and O–H groups in total. The van der Waals surface area contributed by atoms with Gasteiger partial charge in [0.2, 0.25) is 0 Å². The topological polar surface area (TPSA) is 75.1 Å². The second-order valence-electron chi connectivity index (χ2n) is 5.41. The highest BCUT2D eigenvalue weighted by atomic mass is 16.5. The first-order chi connectivity index (χ1) is 12.2. The molecule has 25 heavy (non-hydrogen) atoms. The molecule has 0 aliphatic heterocycles. The van der Waals surface area contributed by atoms with Crippen LogP contribution in [-0.2, 0) is 13.0 Å². The molecule has 134 valence electrons. The molecular formula is C19H25N3O3. The van der Waals surface area contributed by atoms with E-state index in [4.69, 9.17) is 9.47 Å². The second kappa shape index (κ2) is 9.42. The van der Waals surface area contributed by atoms with Gasteiger partial charge in [0.05, 0.1) is 14.2 Å². The maximum absolute atomic E-state index is 9.93. The van der Waals surface area contributed by atoms with Crippen LogP contribution in [0.25, 0.3) is 0 Å². The molecule has 6 nitrogen and oxygen atoms in total. The van der Waals surface area contributed by atoms with E-state index in [1.54, 1.807) is 39.5 Å². The van der Waals surface area contributed by atoms with Gasteiger partial charge in [0.15, 0.2) is 5.96 Å². The van der Waals surface area contributed by atoms with E-state index < -0.39 is 0 Å². The van der Waals surface area contributed by atoms with Crippen LogP contribution in [0.3, 0.4) is 0 Å². The van der Waals surface area contributed by atoms with E-state index in [-0.39, 0.29) is 5.75 Å². The number of methoxy groups -OCH3 is 2. The zero-order valence-electron chi connectivity index (χ0n) is 14.9. The van der Waals surface area contributed by atoms with Crippen LogP contribution in [0.4, 0.5) is 0 Å². The molecule has 0 saturated carbocycles. The van der Waals surface area contributed by atoms with Crippen molar-refractivity contribution in [2.24, 2.45) is 4.99 Å². The Labute approximate surface area is 148 Å². The van der Waals surface area contributed by atoms with Gasteiger partial charge in [0.1, 0.15) is 17.2 Å². The lowest BCUT2D eigenvalue weighted by Crippen LogP contribution is -2.37. The number of phenols is 1. The minimum absolute atomic E-state index is 0.220. The van der Waals surface area contributed by atoms with E-state index in [1.165, 1.54) is 0 Å². The molecule has 0 radical (unpaired) electrons. The average molecular weight is 343 g/mol. The number of aliphatic imine (C=N–C) groups is 1. The fourth-order valence-corrected chi connectivity index (χ4v) is 2.46. The van der Waals surface area contributed by atoms with Gasteiger partial charge in [-0.05, 0) is 36.2 Å². The maximum atomic E-state index is 9.93. The molecule has 2 aromatic rings. The highest BCUT2D eigenvalue weighted by Crippen LogP contribution is 2.22. The highest BCUT2D eigenvalue weighted by molar-refractivity contribution is 5.79. The van der Waals surface area contributed by atoms with Crippen LogP contribution in [0.1, 0.15) is 11.1 Å². The van der Waals surface area contributed by atoms with Gasteiger partial charge in [-0.15, -0.1) is 0 Å². The van der Waals surface area contributed by atoms with Crippen LogP contribution in [-0.4, -0.2) is 38.9 Å². The van der Waals surface area contributed by atoms with Gasteiger partial charge in [0.25, 0.3) is 0 Å². The fourth-order valence-electron chi connectivity index (χ4n) is 2.46. The monoisotopic (exact) mass is 343 g/mol. The van der Waals surface area contributed by atoms with Crippen LogP contribution >= 0.6 is 0 Å². The summed E-state index contributed by atoms with van der Waals surface area (Å²) in [7, 11) is 4.99. The molecule has 0 amide bonds. The summed E-state index contributed by atoms with van der Waals surface area (Å²) in [5, 5.41) is 16.4. The number of nitrogens with zero attached hydrogens (tertiary/aromatic N) is 1. The number of hydrogen-bond acceptors (Lipinski definition) is 4. The minimum atomic E-state index is 0.220. The van der Waals surface area contributed by atoms with Crippen molar-refractivity contribution >= 4 is 5.96 Å². The maximum Gasteiger partial charge on any atom is 0.191 e. The molecule has 2 aromatic carbocycles. The van der Waals surface area contributed by atoms with Gasteiger partial charge in [0, 0.05) is 25.7 Å². The van der Waals surface area contributed by atoms with Crippen LogP contribution in [0.15, 0.2) is 47.5 Å². The Morgan fingerprint density at radius 2 is 1.84 bits per heavy atom. The van der Waals surface area contributed by atoms with Crippen LogP contribution in [0.2, 0.25) is 0 Å². The van der Waals surface area contributed by atoms with E-state index in [2.05, 4.69) is 15.6 Å². The number of hydrogen-bond donors (Lipinski definition) is 3. The van der Waals surface area contributed by atoms with Crippen molar-refractivity contribution < 1.29 is 14.6 Å². The molecule has 0 atom stereocenters. The van der Waals surface area contributed by atoms with Crippen LogP contribution in [0.5, 0.6) is 17.2 Å². The molecular weight excluding hydrogens is 318 g/mol. The molecule has 0 unspecified atom stereocenters. The van der Waals surface area contributed by atoms with Crippen molar-refractivity contribution in [1.29, 1.82) is 0 Å². The SMILES string of the molecule is CN=C(NCCc1ccccc1OC)NCc1cc(OC)ccc1O. The smallest absolute Gasteiger partial charge is 0.191 e. The number of benzene rings is 2. The van der Waals surface area contributed by atoms with E-state index in [0.29, 0.717) is 24.8 Å². The summed E-state index contributed by atoms with van der Waals surface area (Å²) in [6, 6.07) is 13.1. The van der Waals surface area contributed by atoms with Crippen molar-refractivity contribution in [2.45, 2.75) is 13.0 Å². The van der Waals surface area contributed by atoms with E-state index in [1.807, 2.05) is 24.3 Å². The third-order valence-corrected chi connectivity index (χ3v) is 3.84. The largest absolute Gasteiger partial charge is 0.508 e. The summed E-state index contributed by atoms with van der Waals surface area (Å²) >= 11 is 0. The Balaban J connectivity index is 1.87. The summed E-state index contributed by atoms with van der Waals surface area (Å²) in [5.41, 5.74) is 1.88. The average Bonchev–Trinajstić information content (AvgIpc) is 2.66. The zero-order chi connectivity index (χ0) is 18.1. The Morgan fingerprint density at radius 3 is 2.56 bits per heavy atom. The predicted molar refractivity (Wildman–Crippen MR) is 99.6 cm³/mol. The Kier molecular flexibility index (Phi) is 6.95. The highest BCUT2D eigenvalue weighted by Gasteiger charge is 2.06.